The van der Waals surface area contributed by atoms with Gasteiger partial charge in [0.1, 0.15) is 36.4 Å². The van der Waals surface area contributed by atoms with Crippen molar-refractivity contribution in [2.24, 2.45) is 0 Å². The second kappa shape index (κ2) is 10.2. The zero-order chi connectivity index (χ0) is 20.5. The number of ether oxygens (including phenoxy) is 3. The smallest absolute Gasteiger partial charge is 0.349 e. The number of benzene rings is 1. The van der Waals surface area contributed by atoms with Crippen molar-refractivity contribution < 1.29 is 19.0 Å². The molecule has 6 nitrogen and oxygen atoms in total. The fraction of sp³-hybridized carbons (Fsp3) is 0.364. The summed E-state index contributed by atoms with van der Waals surface area (Å²) < 4.78 is 17.9. The summed E-state index contributed by atoms with van der Waals surface area (Å²) in [5.74, 6) is 0.735. The molecule has 2 aromatic rings. The van der Waals surface area contributed by atoms with Crippen LogP contribution in [0.25, 0.3) is 6.08 Å². The van der Waals surface area contributed by atoms with E-state index in [-0.39, 0.29) is 18.8 Å². The van der Waals surface area contributed by atoms with Gasteiger partial charge in [-0.05, 0) is 62.2 Å². The first-order valence-corrected chi connectivity index (χ1v) is 9.22. The second-order valence-electron chi connectivity index (χ2n) is 6.31. The summed E-state index contributed by atoms with van der Waals surface area (Å²) in [6.07, 6.45) is 2.60. The van der Waals surface area contributed by atoms with Crippen LogP contribution >= 0.6 is 0 Å². The fourth-order valence-electron chi connectivity index (χ4n) is 2.88. The first kappa shape index (κ1) is 21.1. The molecule has 0 aliphatic heterocycles. The van der Waals surface area contributed by atoms with E-state index in [2.05, 4.69) is 11.5 Å². The van der Waals surface area contributed by atoms with Crippen molar-refractivity contribution in [1.82, 2.24) is 4.57 Å². The predicted molar refractivity (Wildman–Crippen MR) is 107 cm³/mol. The highest BCUT2D eigenvalue weighted by Gasteiger charge is 2.14. The lowest BCUT2D eigenvalue weighted by molar-refractivity contribution is -0.139. The molecule has 0 aliphatic carbocycles. The molecule has 148 valence electrons. The number of rotatable bonds is 9. The monoisotopic (exact) mass is 382 g/mol. The van der Waals surface area contributed by atoms with Crippen molar-refractivity contribution in [3.8, 4) is 17.6 Å². The van der Waals surface area contributed by atoms with E-state index >= 15 is 0 Å². The maximum absolute atomic E-state index is 12.2. The Morgan fingerprint density at radius 2 is 1.86 bits per heavy atom. The summed E-state index contributed by atoms with van der Waals surface area (Å²) in [7, 11) is 1.59. The maximum Gasteiger partial charge on any atom is 0.349 e. The molecule has 0 saturated carbocycles. The second-order valence-corrected chi connectivity index (χ2v) is 6.31. The molecule has 0 aliphatic rings. The molecule has 1 aromatic carbocycles. The molecule has 0 radical (unpaired) electrons. The minimum Gasteiger partial charge on any atom is -0.497 e. The van der Waals surface area contributed by atoms with Crippen LogP contribution in [-0.4, -0.2) is 30.9 Å². The fourth-order valence-corrected chi connectivity index (χ4v) is 2.88. The van der Waals surface area contributed by atoms with E-state index in [1.165, 1.54) is 0 Å². The molecule has 0 amide bonds. The summed E-state index contributed by atoms with van der Waals surface area (Å²) in [5, 5.41) is 9.34. The van der Waals surface area contributed by atoms with Crippen LogP contribution in [0.1, 0.15) is 30.3 Å². The Bertz CT molecular complexity index is 873. The molecule has 1 heterocycles. The van der Waals surface area contributed by atoms with Crippen LogP contribution < -0.4 is 9.47 Å². The number of methoxy groups -OCH3 is 1. The SMILES string of the molecule is CCCn1c(C)cc(/C=C(\C#N)C(=O)OCCOc2ccc(OC)cc2)c1C. The minimum absolute atomic E-state index is 0.0267. The van der Waals surface area contributed by atoms with Gasteiger partial charge in [-0.15, -0.1) is 0 Å². The van der Waals surface area contributed by atoms with E-state index in [4.69, 9.17) is 14.2 Å². The van der Waals surface area contributed by atoms with Gasteiger partial charge in [0.25, 0.3) is 0 Å². The summed E-state index contributed by atoms with van der Waals surface area (Å²) in [5.41, 5.74) is 2.96. The van der Waals surface area contributed by atoms with Crippen LogP contribution in [0, 0.1) is 25.2 Å². The van der Waals surface area contributed by atoms with Crippen molar-refractivity contribution in [1.29, 1.82) is 5.26 Å². The van der Waals surface area contributed by atoms with Crippen LogP contribution in [-0.2, 0) is 16.1 Å². The van der Waals surface area contributed by atoms with E-state index in [0.29, 0.717) is 5.75 Å². The normalized spacial score (nSPS) is 11.0. The third-order valence-corrected chi connectivity index (χ3v) is 4.34. The van der Waals surface area contributed by atoms with Gasteiger partial charge in [0.2, 0.25) is 0 Å². The molecule has 0 spiro atoms. The lowest BCUT2D eigenvalue weighted by Gasteiger charge is -2.08. The summed E-state index contributed by atoms with van der Waals surface area (Å²) >= 11 is 0. The quantitative estimate of drug-likeness (QED) is 0.283. The Labute approximate surface area is 165 Å². The molecular formula is C22H26N2O4. The molecule has 0 unspecified atom stereocenters. The van der Waals surface area contributed by atoms with Crippen LogP contribution in [0.2, 0.25) is 0 Å². The highest BCUT2D eigenvalue weighted by atomic mass is 16.6. The molecular weight excluding hydrogens is 356 g/mol. The third kappa shape index (κ3) is 5.40. The number of nitrogens with zero attached hydrogens (tertiary/aromatic N) is 2. The number of aryl methyl sites for hydroxylation is 1. The lowest BCUT2D eigenvalue weighted by Crippen LogP contribution is -2.13. The highest BCUT2D eigenvalue weighted by Crippen LogP contribution is 2.19. The van der Waals surface area contributed by atoms with E-state index in [1.807, 2.05) is 26.0 Å². The maximum atomic E-state index is 12.2. The molecule has 0 N–H and O–H groups in total. The molecule has 0 bridgehead atoms. The molecule has 2 rings (SSSR count). The van der Waals surface area contributed by atoms with Crippen LogP contribution in [0.15, 0.2) is 35.9 Å². The van der Waals surface area contributed by atoms with Gasteiger partial charge in [-0.25, -0.2) is 4.79 Å². The summed E-state index contributed by atoms with van der Waals surface area (Å²) in [6.45, 7) is 7.26. The summed E-state index contributed by atoms with van der Waals surface area (Å²) in [6, 6.07) is 11.0. The highest BCUT2D eigenvalue weighted by molar-refractivity contribution is 5.98. The Morgan fingerprint density at radius 3 is 2.46 bits per heavy atom. The van der Waals surface area contributed by atoms with E-state index in [9.17, 15) is 10.1 Å². The number of esters is 1. The van der Waals surface area contributed by atoms with Gasteiger partial charge in [0, 0.05) is 17.9 Å². The molecule has 0 atom stereocenters. The number of hydrogen-bond donors (Lipinski definition) is 0. The number of nitriles is 1. The van der Waals surface area contributed by atoms with E-state index in [1.54, 1.807) is 37.5 Å². The standard InChI is InChI=1S/C22H26N2O4/c1-5-10-24-16(2)13-18(17(24)3)14-19(15-23)22(25)28-12-11-27-21-8-6-20(26-4)7-9-21/h6-9,13-14H,5,10-12H2,1-4H3/b19-14+. The lowest BCUT2D eigenvalue weighted by atomic mass is 10.1. The van der Waals surface area contributed by atoms with Crippen LogP contribution in [0.5, 0.6) is 11.5 Å². The number of carbonyl (C=O) groups is 1. The average Bonchev–Trinajstić information content (AvgIpc) is 2.97. The van der Waals surface area contributed by atoms with Gasteiger partial charge in [-0.3, -0.25) is 0 Å². The first-order chi connectivity index (χ1) is 13.5. The van der Waals surface area contributed by atoms with Crippen molar-refractivity contribution in [3.63, 3.8) is 0 Å². The predicted octanol–water partition coefficient (Wildman–Crippen LogP) is 4.05. The van der Waals surface area contributed by atoms with Gasteiger partial charge in [-0.2, -0.15) is 5.26 Å². The first-order valence-electron chi connectivity index (χ1n) is 9.22. The third-order valence-electron chi connectivity index (χ3n) is 4.34. The molecule has 28 heavy (non-hydrogen) atoms. The van der Waals surface area contributed by atoms with Gasteiger partial charge in [0.15, 0.2) is 0 Å². The average molecular weight is 382 g/mol. The molecule has 6 heteroatoms. The Kier molecular flexibility index (Phi) is 7.70. The molecule has 0 saturated heterocycles. The van der Waals surface area contributed by atoms with E-state index in [0.717, 1.165) is 35.7 Å². The Balaban J connectivity index is 1.93. The zero-order valence-corrected chi connectivity index (χ0v) is 16.8. The van der Waals surface area contributed by atoms with Crippen LogP contribution in [0.4, 0.5) is 0 Å². The van der Waals surface area contributed by atoms with Crippen molar-refractivity contribution in [2.75, 3.05) is 20.3 Å². The molecule has 1 aromatic heterocycles. The van der Waals surface area contributed by atoms with Crippen LogP contribution in [0.3, 0.4) is 0 Å². The summed E-state index contributed by atoms with van der Waals surface area (Å²) in [4.78, 5) is 12.2. The Hall–Kier alpha value is -3.20. The van der Waals surface area contributed by atoms with Gasteiger partial charge in [0.05, 0.1) is 7.11 Å². The topological polar surface area (TPSA) is 73.5 Å². The van der Waals surface area contributed by atoms with E-state index < -0.39 is 5.97 Å². The number of aromatic nitrogens is 1. The van der Waals surface area contributed by atoms with Crippen molar-refractivity contribution in [3.05, 3.63) is 52.9 Å². The Morgan fingerprint density at radius 1 is 1.18 bits per heavy atom. The zero-order valence-electron chi connectivity index (χ0n) is 16.8. The molecule has 0 fully saturated rings. The van der Waals surface area contributed by atoms with Crippen molar-refractivity contribution >= 4 is 12.0 Å². The number of carbonyl (C=O) groups excluding carboxylic acids is 1. The van der Waals surface area contributed by atoms with Gasteiger partial charge < -0.3 is 18.8 Å². The van der Waals surface area contributed by atoms with Gasteiger partial charge >= 0.3 is 5.97 Å². The van der Waals surface area contributed by atoms with Gasteiger partial charge in [-0.1, -0.05) is 6.92 Å². The minimum atomic E-state index is -0.652. The largest absolute Gasteiger partial charge is 0.497 e. The van der Waals surface area contributed by atoms with Crippen molar-refractivity contribution in [2.45, 2.75) is 33.7 Å². The number of hydrogen-bond acceptors (Lipinski definition) is 5.